The van der Waals surface area contributed by atoms with E-state index in [1.54, 1.807) is 0 Å². The summed E-state index contributed by atoms with van der Waals surface area (Å²) in [5, 5.41) is 12.1. The lowest BCUT2D eigenvalue weighted by Gasteiger charge is -2.08. The van der Waals surface area contributed by atoms with Crippen molar-refractivity contribution < 1.29 is 14.7 Å². The molecular weight excluding hydrogens is 242 g/mol. The first kappa shape index (κ1) is 15.5. The lowest BCUT2D eigenvalue weighted by Crippen LogP contribution is -2.07. The quantitative estimate of drug-likeness (QED) is 0.322. The lowest BCUT2D eigenvalue weighted by atomic mass is 10.1. The molecule has 0 saturated heterocycles. The monoisotopic (exact) mass is 265 g/mol. The molecule has 106 valence electrons. The van der Waals surface area contributed by atoms with Crippen molar-refractivity contribution in [1.82, 2.24) is 0 Å². The molecule has 0 aromatic heterocycles. The maximum atomic E-state index is 8.83. The Bertz CT molecular complexity index is 373. The fourth-order valence-electron chi connectivity index (χ4n) is 1.64. The molecule has 0 radical (unpaired) electrons. The number of ether oxygens (including phenoxy) is 2. The predicted molar refractivity (Wildman–Crippen MR) is 76.3 cm³/mol. The zero-order chi connectivity index (χ0) is 13.9. The normalized spacial score (nSPS) is 11.6. The van der Waals surface area contributed by atoms with Crippen LogP contribution < -0.4 is 4.74 Å². The van der Waals surface area contributed by atoms with Gasteiger partial charge in [-0.15, -0.1) is 0 Å². The van der Waals surface area contributed by atoms with Crippen LogP contribution in [-0.2, 0) is 4.74 Å². The molecule has 19 heavy (non-hydrogen) atoms. The molecule has 1 rings (SSSR count). The fraction of sp³-hybridized carbons (Fsp3) is 0.533. The maximum absolute atomic E-state index is 8.83. The summed E-state index contributed by atoms with van der Waals surface area (Å²) >= 11 is 0. The first-order chi connectivity index (χ1) is 9.31. The Morgan fingerprint density at radius 3 is 2.42 bits per heavy atom. The second kappa shape index (κ2) is 9.39. The topological polar surface area (TPSA) is 51.0 Å². The van der Waals surface area contributed by atoms with Crippen molar-refractivity contribution in [2.24, 2.45) is 5.16 Å². The maximum Gasteiger partial charge on any atom is 0.119 e. The minimum Gasteiger partial charge on any atom is -0.491 e. The van der Waals surface area contributed by atoms with E-state index in [0.717, 1.165) is 30.8 Å². The van der Waals surface area contributed by atoms with E-state index in [-0.39, 0.29) is 0 Å². The molecule has 0 aliphatic carbocycles. The van der Waals surface area contributed by atoms with E-state index in [9.17, 15) is 0 Å². The molecule has 0 atom stereocenters. The highest BCUT2D eigenvalue weighted by Gasteiger charge is 2.02. The van der Waals surface area contributed by atoms with E-state index in [1.165, 1.54) is 0 Å². The Hall–Kier alpha value is -1.55. The van der Waals surface area contributed by atoms with Gasteiger partial charge in [0.25, 0.3) is 0 Å². The average Bonchev–Trinajstić information content (AvgIpc) is 2.45. The highest BCUT2D eigenvalue weighted by atomic mass is 16.5. The van der Waals surface area contributed by atoms with E-state index in [0.29, 0.717) is 25.3 Å². The minimum absolute atomic E-state index is 0.553. The Balaban J connectivity index is 2.32. The zero-order valence-electron chi connectivity index (χ0n) is 11.8. The summed E-state index contributed by atoms with van der Waals surface area (Å²) in [6.07, 6.45) is 2.94. The van der Waals surface area contributed by atoms with Gasteiger partial charge in [-0.3, -0.25) is 0 Å². The van der Waals surface area contributed by atoms with Gasteiger partial charge in [0.05, 0.1) is 12.3 Å². The average molecular weight is 265 g/mol. The van der Waals surface area contributed by atoms with Crippen molar-refractivity contribution >= 4 is 5.71 Å². The van der Waals surface area contributed by atoms with Gasteiger partial charge in [-0.1, -0.05) is 25.4 Å². The molecule has 0 spiro atoms. The van der Waals surface area contributed by atoms with Crippen molar-refractivity contribution in [2.45, 2.75) is 33.1 Å². The van der Waals surface area contributed by atoms with Crippen LogP contribution in [0.4, 0.5) is 0 Å². The third-order valence-corrected chi connectivity index (χ3v) is 2.78. The first-order valence-electron chi connectivity index (χ1n) is 6.83. The number of hydrogen-bond donors (Lipinski definition) is 1. The molecule has 1 N–H and O–H groups in total. The Labute approximate surface area is 115 Å². The number of oxime groups is 1. The summed E-state index contributed by atoms with van der Waals surface area (Å²) in [5.41, 5.74) is 1.59. The van der Waals surface area contributed by atoms with E-state index in [2.05, 4.69) is 12.1 Å². The van der Waals surface area contributed by atoms with E-state index >= 15 is 0 Å². The van der Waals surface area contributed by atoms with Gasteiger partial charge in [0.1, 0.15) is 12.4 Å². The summed E-state index contributed by atoms with van der Waals surface area (Å²) in [6, 6.07) is 7.54. The van der Waals surface area contributed by atoms with Gasteiger partial charge in [0, 0.05) is 6.61 Å². The molecule has 0 heterocycles. The third kappa shape index (κ3) is 5.75. The molecule has 4 nitrogen and oxygen atoms in total. The van der Waals surface area contributed by atoms with Crippen LogP contribution in [0.3, 0.4) is 0 Å². The van der Waals surface area contributed by atoms with Crippen LogP contribution in [-0.4, -0.2) is 30.7 Å². The third-order valence-electron chi connectivity index (χ3n) is 2.78. The summed E-state index contributed by atoms with van der Waals surface area (Å²) in [4.78, 5) is 0. The molecule has 0 aliphatic heterocycles. The zero-order valence-corrected chi connectivity index (χ0v) is 11.8. The van der Waals surface area contributed by atoms with Crippen LogP contribution in [0, 0.1) is 0 Å². The Kier molecular flexibility index (Phi) is 7.66. The van der Waals surface area contributed by atoms with Crippen molar-refractivity contribution in [3.8, 4) is 5.75 Å². The number of benzene rings is 1. The molecule has 0 fully saturated rings. The van der Waals surface area contributed by atoms with Crippen LogP contribution in [0.15, 0.2) is 29.4 Å². The van der Waals surface area contributed by atoms with Crippen LogP contribution >= 0.6 is 0 Å². The van der Waals surface area contributed by atoms with Gasteiger partial charge < -0.3 is 14.7 Å². The second-order valence-electron chi connectivity index (χ2n) is 4.24. The predicted octanol–water partition coefficient (Wildman–Crippen LogP) is 3.47. The van der Waals surface area contributed by atoms with Crippen molar-refractivity contribution in [3.05, 3.63) is 29.8 Å². The van der Waals surface area contributed by atoms with E-state index < -0.39 is 0 Å². The van der Waals surface area contributed by atoms with E-state index in [4.69, 9.17) is 14.7 Å². The van der Waals surface area contributed by atoms with Gasteiger partial charge in [-0.2, -0.15) is 0 Å². The summed E-state index contributed by atoms with van der Waals surface area (Å²) < 4.78 is 11.0. The van der Waals surface area contributed by atoms with Crippen LogP contribution in [0.2, 0.25) is 0 Å². The Morgan fingerprint density at radius 1 is 1.11 bits per heavy atom. The standard InChI is InChI=1S/C15H23NO3/c1-3-5-10-18-11-12-19-14-8-6-13(7-9-14)15(4-2)16-17/h6-9,17H,3-5,10-12H2,1-2H3/b16-15-. The fourth-order valence-corrected chi connectivity index (χ4v) is 1.64. The largest absolute Gasteiger partial charge is 0.491 e. The summed E-state index contributed by atoms with van der Waals surface area (Å²) in [6.45, 7) is 6.05. The number of rotatable bonds is 9. The van der Waals surface area contributed by atoms with Crippen molar-refractivity contribution in [2.75, 3.05) is 19.8 Å². The second-order valence-corrected chi connectivity index (χ2v) is 4.24. The molecule has 0 unspecified atom stereocenters. The SMILES string of the molecule is CCCCOCCOc1ccc(/C(CC)=N\O)cc1. The number of nitrogens with zero attached hydrogens (tertiary/aromatic N) is 1. The smallest absolute Gasteiger partial charge is 0.119 e. The van der Waals surface area contributed by atoms with Gasteiger partial charge in [-0.25, -0.2) is 0 Å². The molecule has 1 aromatic carbocycles. The van der Waals surface area contributed by atoms with Crippen molar-refractivity contribution in [3.63, 3.8) is 0 Å². The van der Waals surface area contributed by atoms with Gasteiger partial charge >= 0.3 is 0 Å². The molecule has 4 heteroatoms. The first-order valence-corrected chi connectivity index (χ1v) is 6.83. The highest BCUT2D eigenvalue weighted by Crippen LogP contribution is 2.13. The van der Waals surface area contributed by atoms with Crippen LogP contribution in [0.5, 0.6) is 5.75 Å². The van der Waals surface area contributed by atoms with Gasteiger partial charge in [0.2, 0.25) is 0 Å². The van der Waals surface area contributed by atoms with Crippen LogP contribution in [0.25, 0.3) is 0 Å². The summed E-state index contributed by atoms with van der Waals surface area (Å²) in [7, 11) is 0. The van der Waals surface area contributed by atoms with E-state index in [1.807, 2.05) is 31.2 Å². The van der Waals surface area contributed by atoms with Gasteiger partial charge in [-0.05, 0) is 42.7 Å². The Morgan fingerprint density at radius 2 is 1.84 bits per heavy atom. The molecule has 1 aromatic rings. The number of unbranched alkanes of at least 4 members (excludes halogenated alkanes) is 1. The van der Waals surface area contributed by atoms with Gasteiger partial charge in [0.15, 0.2) is 0 Å². The lowest BCUT2D eigenvalue weighted by molar-refractivity contribution is 0.0980. The molecule has 0 aliphatic rings. The number of hydrogen-bond acceptors (Lipinski definition) is 4. The molecular formula is C15H23NO3. The molecule has 0 saturated carbocycles. The highest BCUT2D eigenvalue weighted by molar-refractivity contribution is 6.00. The molecule has 0 amide bonds. The molecule has 0 bridgehead atoms. The van der Waals surface area contributed by atoms with Crippen LogP contribution in [0.1, 0.15) is 38.7 Å². The van der Waals surface area contributed by atoms with Crippen molar-refractivity contribution in [1.29, 1.82) is 0 Å². The minimum atomic E-state index is 0.553. The summed E-state index contributed by atoms with van der Waals surface area (Å²) in [5.74, 6) is 0.802.